The van der Waals surface area contributed by atoms with Gasteiger partial charge in [-0.3, -0.25) is 9.69 Å². The van der Waals surface area contributed by atoms with Crippen molar-refractivity contribution < 1.29 is 14.3 Å². The maximum atomic E-state index is 12.6. The summed E-state index contributed by atoms with van der Waals surface area (Å²) in [6, 6.07) is 10.1. The Morgan fingerprint density at radius 2 is 2.19 bits per heavy atom. The third kappa shape index (κ3) is 4.19. The van der Waals surface area contributed by atoms with Gasteiger partial charge in [0, 0.05) is 16.5 Å². The Hall–Kier alpha value is -2.05. The Kier molecular flexibility index (Phi) is 6.16. The van der Waals surface area contributed by atoms with Gasteiger partial charge in [0.2, 0.25) is 5.91 Å². The molecule has 1 fully saturated rings. The van der Waals surface area contributed by atoms with E-state index in [-0.39, 0.29) is 11.9 Å². The fourth-order valence-corrected chi connectivity index (χ4v) is 4.44. The fourth-order valence-electron chi connectivity index (χ4n) is 3.55. The van der Waals surface area contributed by atoms with Crippen LogP contribution in [0.5, 0.6) is 11.5 Å². The van der Waals surface area contributed by atoms with Crippen molar-refractivity contribution in [2.24, 2.45) is 0 Å². The van der Waals surface area contributed by atoms with Crippen molar-refractivity contribution >= 4 is 17.2 Å². The van der Waals surface area contributed by atoms with E-state index in [0.29, 0.717) is 12.6 Å². The molecule has 1 aromatic carbocycles. The van der Waals surface area contributed by atoms with E-state index in [2.05, 4.69) is 27.7 Å². The van der Waals surface area contributed by atoms with E-state index in [4.69, 9.17) is 9.47 Å². The molecule has 3 rings (SSSR count). The first-order valence-corrected chi connectivity index (χ1v) is 9.79. The van der Waals surface area contributed by atoms with Crippen LogP contribution in [-0.4, -0.2) is 38.1 Å². The molecular weight excluding hydrogens is 348 g/mol. The predicted molar refractivity (Wildman–Crippen MR) is 104 cm³/mol. The van der Waals surface area contributed by atoms with Gasteiger partial charge in [-0.25, -0.2) is 0 Å². The van der Waals surface area contributed by atoms with Crippen molar-refractivity contribution in [3.63, 3.8) is 0 Å². The summed E-state index contributed by atoms with van der Waals surface area (Å²) < 4.78 is 10.7. The predicted octanol–water partition coefficient (Wildman–Crippen LogP) is 3.78. The van der Waals surface area contributed by atoms with Crippen LogP contribution in [0.2, 0.25) is 0 Å². The standard InChI is InChI=1S/C20H26N2O3S/c1-14(16-12-15(24-2)8-9-18(16)25-3)21-20(23)13-22-10-4-6-17(22)19-7-5-11-26-19/h5,7-9,11-12,14,17H,4,6,10,13H2,1-3H3,(H,21,23). The van der Waals surface area contributed by atoms with Gasteiger partial charge in [0.25, 0.3) is 0 Å². The number of carbonyl (C=O) groups is 1. The smallest absolute Gasteiger partial charge is 0.234 e. The highest BCUT2D eigenvalue weighted by Gasteiger charge is 2.28. The fraction of sp³-hybridized carbons (Fsp3) is 0.450. The third-order valence-electron chi connectivity index (χ3n) is 4.86. The summed E-state index contributed by atoms with van der Waals surface area (Å²) in [5.41, 5.74) is 0.913. The summed E-state index contributed by atoms with van der Waals surface area (Å²) in [6.07, 6.45) is 2.25. The molecule has 26 heavy (non-hydrogen) atoms. The number of ether oxygens (including phenoxy) is 2. The molecule has 2 atom stereocenters. The lowest BCUT2D eigenvalue weighted by Gasteiger charge is -2.24. The Morgan fingerprint density at radius 1 is 1.35 bits per heavy atom. The minimum absolute atomic E-state index is 0.0332. The second kappa shape index (κ2) is 8.56. The SMILES string of the molecule is COc1ccc(OC)c(C(C)NC(=O)CN2CCCC2c2cccs2)c1. The number of benzene rings is 1. The number of nitrogens with zero attached hydrogens (tertiary/aromatic N) is 1. The van der Waals surface area contributed by atoms with E-state index < -0.39 is 0 Å². The van der Waals surface area contributed by atoms with Gasteiger partial charge >= 0.3 is 0 Å². The van der Waals surface area contributed by atoms with Gasteiger partial charge in [0.15, 0.2) is 0 Å². The molecule has 0 spiro atoms. The second-order valence-electron chi connectivity index (χ2n) is 6.54. The number of rotatable bonds is 7. The molecule has 2 unspecified atom stereocenters. The van der Waals surface area contributed by atoms with Crippen molar-refractivity contribution in [2.75, 3.05) is 27.3 Å². The summed E-state index contributed by atoms with van der Waals surface area (Å²) in [5.74, 6) is 1.53. The number of carbonyl (C=O) groups excluding carboxylic acids is 1. The van der Waals surface area contributed by atoms with Crippen LogP contribution in [0.1, 0.15) is 42.3 Å². The topological polar surface area (TPSA) is 50.8 Å². The van der Waals surface area contributed by atoms with Gasteiger partial charge in [0.05, 0.1) is 26.8 Å². The van der Waals surface area contributed by atoms with Crippen LogP contribution in [0.25, 0.3) is 0 Å². The van der Waals surface area contributed by atoms with Gasteiger partial charge in [-0.15, -0.1) is 11.3 Å². The van der Waals surface area contributed by atoms with Gasteiger partial charge < -0.3 is 14.8 Å². The van der Waals surface area contributed by atoms with Crippen LogP contribution in [-0.2, 0) is 4.79 Å². The summed E-state index contributed by atoms with van der Waals surface area (Å²) in [6.45, 7) is 3.35. The Balaban J connectivity index is 1.64. The van der Waals surface area contributed by atoms with Gasteiger partial charge in [-0.2, -0.15) is 0 Å². The molecular formula is C20H26N2O3S. The second-order valence-corrected chi connectivity index (χ2v) is 7.52. The van der Waals surface area contributed by atoms with Gasteiger partial charge in [-0.05, 0) is 56.0 Å². The summed E-state index contributed by atoms with van der Waals surface area (Å²) in [7, 11) is 3.27. The molecule has 0 radical (unpaired) electrons. The average molecular weight is 375 g/mol. The van der Waals surface area contributed by atoms with Crippen LogP contribution >= 0.6 is 11.3 Å². The largest absolute Gasteiger partial charge is 0.497 e. The van der Waals surface area contributed by atoms with Crippen molar-refractivity contribution in [2.45, 2.75) is 31.8 Å². The summed E-state index contributed by atoms with van der Waals surface area (Å²) in [5, 5.41) is 5.20. The first-order valence-electron chi connectivity index (χ1n) is 8.91. The number of nitrogens with one attached hydrogen (secondary N) is 1. The van der Waals surface area contributed by atoms with E-state index in [0.717, 1.165) is 36.4 Å². The van der Waals surface area contributed by atoms with Gasteiger partial charge in [0.1, 0.15) is 11.5 Å². The monoisotopic (exact) mass is 374 g/mol. The molecule has 1 amide bonds. The molecule has 2 heterocycles. The molecule has 5 nitrogen and oxygen atoms in total. The highest BCUT2D eigenvalue weighted by Crippen LogP contribution is 2.34. The first kappa shape index (κ1) is 18.7. The van der Waals surface area contributed by atoms with Crippen molar-refractivity contribution in [1.29, 1.82) is 0 Å². The molecule has 1 saturated heterocycles. The van der Waals surface area contributed by atoms with Crippen molar-refractivity contribution in [3.8, 4) is 11.5 Å². The van der Waals surface area contributed by atoms with Crippen molar-refractivity contribution in [3.05, 3.63) is 46.2 Å². The van der Waals surface area contributed by atoms with Gasteiger partial charge in [-0.1, -0.05) is 6.07 Å². The number of thiophene rings is 1. The maximum absolute atomic E-state index is 12.6. The number of hydrogen-bond acceptors (Lipinski definition) is 5. The van der Waals surface area contributed by atoms with E-state index >= 15 is 0 Å². The Morgan fingerprint density at radius 3 is 2.88 bits per heavy atom. The quantitative estimate of drug-likeness (QED) is 0.801. The van der Waals surface area contributed by atoms with Crippen LogP contribution in [0, 0.1) is 0 Å². The van der Waals surface area contributed by atoms with Crippen LogP contribution in [0.3, 0.4) is 0 Å². The molecule has 0 aliphatic carbocycles. The number of methoxy groups -OCH3 is 2. The molecule has 0 bridgehead atoms. The first-order chi connectivity index (χ1) is 12.6. The molecule has 140 valence electrons. The van der Waals surface area contributed by atoms with E-state index in [1.807, 2.05) is 25.1 Å². The molecule has 1 aromatic heterocycles. The normalized spacial score (nSPS) is 18.5. The molecule has 1 aliphatic heterocycles. The van der Waals surface area contributed by atoms with Crippen LogP contribution in [0.15, 0.2) is 35.7 Å². The summed E-state index contributed by atoms with van der Waals surface area (Å²) in [4.78, 5) is 16.3. The molecule has 2 aromatic rings. The van der Waals surface area contributed by atoms with Crippen LogP contribution < -0.4 is 14.8 Å². The minimum Gasteiger partial charge on any atom is -0.497 e. The highest BCUT2D eigenvalue weighted by atomic mass is 32.1. The van der Waals surface area contributed by atoms with Crippen LogP contribution in [0.4, 0.5) is 0 Å². The highest BCUT2D eigenvalue weighted by molar-refractivity contribution is 7.10. The number of amides is 1. The van der Waals surface area contributed by atoms with E-state index in [1.165, 1.54) is 4.88 Å². The van der Waals surface area contributed by atoms with E-state index in [1.54, 1.807) is 25.6 Å². The zero-order valence-corrected chi connectivity index (χ0v) is 16.3. The lowest BCUT2D eigenvalue weighted by Crippen LogP contribution is -2.38. The minimum atomic E-state index is -0.157. The number of likely N-dealkylation sites (tertiary alicyclic amines) is 1. The third-order valence-corrected chi connectivity index (χ3v) is 5.84. The lowest BCUT2D eigenvalue weighted by molar-refractivity contribution is -0.123. The Bertz CT molecular complexity index is 733. The average Bonchev–Trinajstić information content (AvgIpc) is 3.32. The molecule has 1 N–H and O–H groups in total. The summed E-state index contributed by atoms with van der Waals surface area (Å²) >= 11 is 1.77. The van der Waals surface area contributed by atoms with E-state index in [9.17, 15) is 4.79 Å². The molecule has 6 heteroatoms. The zero-order valence-electron chi connectivity index (χ0n) is 15.5. The Labute approximate surface area is 158 Å². The zero-order chi connectivity index (χ0) is 18.5. The molecule has 0 saturated carbocycles. The number of hydrogen-bond donors (Lipinski definition) is 1. The van der Waals surface area contributed by atoms with Crippen molar-refractivity contribution in [1.82, 2.24) is 10.2 Å². The lowest BCUT2D eigenvalue weighted by atomic mass is 10.1. The molecule has 1 aliphatic rings. The maximum Gasteiger partial charge on any atom is 0.234 e.